The van der Waals surface area contributed by atoms with Crippen LogP contribution in [0, 0.1) is 13.8 Å². The van der Waals surface area contributed by atoms with Crippen LogP contribution in [0.25, 0.3) is 11.5 Å². The highest BCUT2D eigenvalue weighted by molar-refractivity contribution is 5.98. The lowest BCUT2D eigenvalue weighted by molar-refractivity contribution is -0.127. The largest absolute Gasteiger partial charge is 0.441 e. The van der Waals surface area contributed by atoms with Crippen LogP contribution in [0.4, 0.5) is 0 Å². The Hall–Kier alpha value is -3.21. The molecule has 0 aliphatic heterocycles. The fraction of sp³-hybridized carbons (Fsp3) is 0.261. The summed E-state index contributed by atoms with van der Waals surface area (Å²) >= 11 is 0. The summed E-state index contributed by atoms with van der Waals surface area (Å²) in [5.74, 6) is 0.658. The first-order valence-corrected chi connectivity index (χ1v) is 9.37. The first kappa shape index (κ1) is 19.5. The van der Waals surface area contributed by atoms with E-state index in [9.17, 15) is 9.59 Å². The number of hydrogen-bond donors (Lipinski definition) is 1. The van der Waals surface area contributed by atoms with Crippen LogP contribution in [-0.2, 0) is 22.4 Å². The zero-order valence-electron chi connectivity index (χ0n) is 16.2. The van der Waals surface area contributed by atoms with E-state index in [-0.39, 0.29) is 24.5 Å². The zero-order valence-corrected chi connectivity index (χ0v) is 16.2. The minimum absolute atomic E-state index is 0.0906. The third kappa shape index (κ3) is 5.39. The second-order valence-electron chi connectivity index (χ2n) is 6.87. The normalized spacial score (nSPS) is 10.6. The first-order valence-electron chi connectivity index (χ1n) is 9.37. The van der Waals surface area contributed by atoms with Crippen LogP contribution in [0.5, 0.6) is 0 Å². The van der Waals surface area contributed by atoms with Gasteiger partial charge in [-0.25, -0.2) is 4.98 Å². The van der Waals surface area contributed by atoms with Crippen molar-refractivity contribution in [1.29, 1.82) is 0 Å². The van der Waals surface area contributed by atoms with Gasteiger partial charge in [0.1, 0.15) is 11.5 Å². The Labute approximate surface area is 164 Å². The first-order chi connectivity index (χ1) is 13.5. The van der Waals surface area contributed by atoms with Crippen molar-refractivity contribution in [3.05, 3.63) is 77.2 Å². The lowest BCUT2D eigenvalue weighted by Gasteiger charge is -2.04. The van der Waals surface area contributed by atoms with E-state index in [1.54, 1.807) is 6.92 Å². The smallest absolute Gasteiger partial charge is 0.227 e. The minimum Gasteiger partial charge on any atom is -0.441 e. The molecule has 0 unspecified atom stereocenters. The predicted molar refractivity (Wildman–Crippen MR) is 108 cm³/mol. The van der Waals surface area contributed by atoms with E-state index in [0.717, 1.165) is 23.1 Å². The molecule has 0 aliphatic carbocycles. The van der Waals surface area contributed by atoms with Gasteiger partial charge in [0.05, 0.1) is 18.5 Å². The Balaban J connectivity index is 1.50. The third-order valence-electron chi connectivity index (χ3n) is 4.49. The molecule has 3 rings (SSSR count). The fourth-order valence-corrected chi connectivity index (χ4v) is 2.89. The van der Waals surface area contributed by atoms with Crippen LogP contribution in [0.3, 0.4) is 0 Å². The van der Waals surface area contributed by atoms with Crippen molar-refractivity contribution >= 4 is 11.7 Å². The number of Topliss-reactive ketones (excluding diaryl/α,β-unsaturated/α-hetero) is 1. The molecule has 3 aromatic rings. The summed E-state index contributed by atoms with van der Waals surface area (Å²) in [6, 6.07) is 17.7. The number of rotatable bonds is 8. The molecule has 1 heterocycles. The quantitative estimate of drug-likeness (QED) is 0.607. The van der Waals surface area contributed by atoms with Gasteiger partial charge in [0.25, 0.3) is 0 Å². The molecule has 0 spiro atoms. The zero-order chi connectivity index (χ0) is 19.9. The van der Waals surface area contributed by atoms with Crippen LogP contribution in [-0.4, -0.2) is 23.2 Å². The molecule has 0 bridgehead atoms. The molecule has 0 fully saturated rings. The maximum absolute atomic E-state index is 12.3. The predicted octanol–water partition coefficient (Wildman–Crippen LogP) is 3.82. The van der Waals surface area contributed by atoms with Gasteiger partial charge in [0, 0.05) is 12.1 Å². The molecule has 1 aromatic heterocycles. The number of carbonyl (C=O) groups is 2. The Kier molecular flexibility index (Phi) is 6.37. The standard InChI is InChI=1S/C23H24N2O3/c1-16-8-10-19(11-9-16)23-25-21(17(2)28-23)14-20(26)15-22(27)24-13-12-18-6-4-3-5-7-18/h3-11H,12-15H2,1-2H3,(H,24,27). The van der Waals surface area contributed by atoms with E-state index < -0.39 is 0 Å². The van der Waals surface area contributed by atoms with Crippen molar-refractivity contribution in [3.8, 4) is 11.5 Å². The summed E-state index contributed by atoms with van der Waals surface area (Å²) in [6.07, 6.45) is 0.678. The number of hydrogen-bond acceptors (Lipinski definition) is 4. The average molecular weight is 376 g/mol. The van der Waals surface area contributed by atoms with Gasteiger partial charge in [0.15, 0.2) is 0 Å². The van der Waals surface area contributed by atoms with Crippen LogP contribution in [0.2, 0.25) is 0 Å². The Morgan fingerprint density at radius 3 is 2.43 bits per heavy atom. The molecule has 2 aromatic carbocycles. The Morgan fingerprint density at radius 1 is 1.00 bits per heavy atom. The van der Waals surface area contributed by atoms with Crippen molar-refractivity contribution < 1.29 is 14.0 Å². The van der Waals surface area contributed by atoms with E-state index in [4.69, 9.17) is 4.42 Å². The number of aromatic nitrogens is 1. The molecule has 0 atom stereocenters. The SMILES string of the molecule is Cc1ccc(-c2nc(CC(=O)CC(=O)NCCc3ccccc3)c(C)o2)cc1. The van der Waals surface area contributed by atoms with Crippen LogP contribution < -0.4 is 5.32 Å². The topological polar surface area (TPSA) is 72.2 Å². The van der Waals surface area contributed by atoms with E-state index in [1.165, 1.54) is 0 Å². The molecule has 0 radical (unpaired) electrons. The van der Waals surface area contributed by atoms with Crippen molar-refractivity contribution in [3.63, 3.8) is 0 Å². The molecule has 0 aliphatic rings. The number of carbonyl (C=O) groups excluding carboxylic acids is 2. The maximum Gasteiger partial charge on any atom is 0.227 e. The third-order valence-corrected chi connectivity index (χ3v) is 4.49. The van der Waals surface area contributed by atoms with Gasteiger partial charge in [0.2, 0.25) is 11.8 Å². The molecule has 0 saturated carbocycles. The number of benzene rings is 2. The van der Waals surface area contributed by atoms with E-state index >= 15 is 0 Å². The highest BCUT2D eigenvalue weighted by Gasteiger charge is 2.16. The number of oxazole rings is 1. The van der Waals surface area contributed by atoms with Gasteiger partial charge in [-0.05, 0) is 38.0 Å². The summed E-state index contributed by atoms with van der Waals surface area (Å²) in [5.41, 5.74) is 3.75. The second-order valence-corrected chi connectivity index (χ2v) is 6.87. The van der Waals surface area contributed by atoms with Gasteiger partial charge in [-0.15, -0.1) is 0 Å². The Bertz CT molecular complexity index is 944. The van der Waals surface area contributed by atoms with Gasteiger partial charge in [-0.3, -0.25) is 9.59 Å². The van der Waals surface area contributed by atoms with Crippen molar-refractivity contribution in [1.82, 2.24) is 10.3 Å². The van der Waals surface area contributed by atoms with Crippen LogP contribution in [0.15, 0.2) is 59.0 Å². The molecular weight excluding hydrogens is 352 g/mol. The van der Waals surface area contributed by atoms with Crippen molar-refractivity contribution in [2.45, 2.75) is 33.1 Å². The molecule has 5 nitrogen and oxygen atoms in total. The highest BCUT2D eigenvalue weighted by Crippen LogP contribution is 2.22. The molecule has 1 N–H and O–H groups in total. The molecule has 1 amide bonds. The lowest BCUT2D eigenvalue weighted by Crippen LogP contribution is -2.28. The Morgan fingerprint density at radius 2 is 1.71 bits per heavy atom. The maximum atomic E-state index is 12.3. The van der Waals surface area contributed by atoms with Crippen molar-refractivity contribution in [2.75, 3.05) is 6.54 Å². The summed E-state index contributed by atoms with van der Waals surface area (Å²) in [4.78, 5) is 28.7. The summed E-state index contributed by atoms with van der Waals surface area (Å²) in [7, 11) is 0. The summed E-state index contributed by atoms with van der Waals surface area (Å²) in [5, 5.41) is 2.80. The van der Waals surface area contributed by atoms with Crippen molar-refractivity contribution in [2.24, 2.45) is 0 Å². The second kappa shape index (κ2) is 9.13. The van der Waals surface area contributed by atoms with E-state index in [0.29, 0.717) is 23.9 Å². The van der Waals surface area contributed by atoms with Gasteiger partial charge in [-0.1, -0.05) is 48.0 Å². The minimum atomic E-state index is -0.263. The highest BCUT2D eigenvalue weighted by atomic mass is 16.4. The monoisotopic (exact) mass is 376 g/mol. The molecule has 28 heavy (non-hydrogen) atoms. The van der Waals surface area contributed by atoms with Crippen LogP contribution in [0.1, 0.15) is 29.0 Å². The summed E-state index contributed by atoms with van der Waals surface area (Å²) in [6.45, 7) is 4.31. The lowest BCUT2D eigenvalue weighted by atomic mass is 10.1. The molecular formula is C23H24N2O3. The average Bonchev–Trinajstić information content (AvgIpc) is 3.03. The number of nitrogens with one attached hydrogen (secondary N) is 1. The number of aryl methyl sites for hydroxylation is 2. The molecule has 5 heteroatoms. The van der Waals surface area contributed by atoms with Gasteiger partial charge < -0.3 is 9.73 Å². The van der Waals surface area contributed by atoms with E-state index in [2.05, 4.69) is 10.3 Å². The molecule has 144 valence electrons. The number of nitrogens with zero attached hydrogens (tertiary/aromatic N) is 1. The van der Waals surface area contributed by atoms with Gasteiger partial charge in [-0.2, -0.15) is 0 Å². The molecule has 0 saturated heterocycles. The van der Waals surface area contributed by atoms with Gasteiger partial charge >= 0.3 is 0 Å². The van der Waals surface area contributed by atoms with Crippen LogP contribution >= 0.6 is 0 Å². The number of amides is 1. The fourth-order valence-electron chi connectivity index (χ4n) is 2.89. The van der Waals surface area contributed by atoms with E-state index in [1.807, 2.05) is 61.5 Å². The number of ketones is 1. The summed E-state index contributed by atoms with van der Waals surface area (Å²) < 4.78 is 5.70.